The van der Waals surface area contributed by atoms with E-state index >= 15 is 0 Å². The first-order valence-electron chi connectivity index (χ1n) is 11.3. The van der Waals surface area contributed by atoms with Gasteiger partial charge in [0.05, 0.1) is 23.6 Å². The quantitative estimate of drug-likeness (QED) is 0.395. The fourth-order valence-corrected chi connectivity index (χ4v) is 3.98. The van der Waals surface area contributed by atoms with Gasteiger partial charge in [0.2, 0.25) is 0 Å². The Bertz CT molecular complexity index is 1250. The van der Waals surface area contributed by atoms with Gasteiger partial charge >= 0.3 is 0 Å². The molecule has 6 nitrogen and oxygen atoms in total. The highest BCUT2D eigenvalue weighted by Gasteiger charge is 2.20. The van der Waals surface area contributed by atoms with Gasteiger partial charge in [-0.3, -0.25) is 9.78 Å². The third-order valence-electron chi connectivity index (χ3n) is 5.68. The van der Waals surface area contributed by atoms with Crippen molar-refractivity contribution in [2.45, 2.75) is 46.2 Å². The predicted octanol–water partition coefficient (Wildman–Crippen LogP) is 5.43. The second-order valence-electron chi connectivity index (χ2n) is 8.56. The monoisotopic (exact) mass is 442 g/mol. The molecule has 1 unspecified atom stereocenters. The van der Waals surface area contributed by atoms with Gasteiger partial charge in [0.25, 0.3) is 5.91 Å². The second-order valence-corrected chi connectivity index (χ2v) is 8.56. The van der Waals surface area contributed by atoms with Crippen molar-refractivity contribution in [3.8, 4) is 5.75 Å². The molecule has 0 saturated carbocycles. The summed E-state index contributed by atoms with van der Waals surface area (Å²) in [7, 11) is 0. The Morgan fingerprint density at radius 1 is 1.06 bits per heavy atom. The number of nitrogens with one attached hydrogen (secondary N) is 1. The molecule has 4 aromatic rings. The first-order chi connectivity index (χ1) is 15.9. The number of carbonyl (C=O) groups is 1. The van der Waals surface area contributed by atoms with E-state index in [1.807, 2.05) is 31.2 Å². The summed E-state index contributed by atoms with van der Waals surface area (Å²) in [5.74, 6) is 1.87. The topological polar surface area (TPSA) is 69.0 Å². The van der Waals surface area contributed by atoms with Gasteiger partial charge < -0.3 is 14.6 Å². The summed E-state index contributed by atoms with van der Waals surface area (Å²) in [6, 6.07) is 19.4. The summed E-state index contributed by atoms with van der Waals surface area (Å²) in [5.41, 5.74) is 4.67. The molecule has 4 rings (SSSR count). The van der Waals surface area contributed by atoms with Crippen LogP contribution in [-0.4, -0.2) is 27.0 Å². The maximum absolute atomic E-state index is 12.7. The van der Waals surface area contributed by atoms with Crippen LogP contribution < -0.4 is 10.1 Å². The number of benzene rings is 2. The molecule has 6 heteroatoms. The number of aryl methyl sites for hydroxylation is 1. The van der Waals surface area contributed by atoms with Crippen LogP contribution in [0.1, 0.15) is 60.2 Å². The van der Waals surface area contributed by atoms with E-state index in [2.05, 4.69) is 53.8 Å². The number of ether oxygens (including phenoxy) is 1. The van der Waals surface area contributed by atoms with E-state index in [1.165, 1.54) is 11.1 Å². The van der Waals surface area contributed by atoms with Crippen LogP contribution in [0.5, 0.6) is 5.75 Å². The van der Waals surface area contributed by atoms with Crippen LogP contribution in [-0.2, 0) is 6.54 Å². The van der Waals surface area contributed by atoms with Gasteiger partial charge in [-0.2, -0.15) is 0 Å². The van der Waals surface area contributed by atoms with Crippen LogP contribution in [0.25, 0.3) is 11.0 Å². The van der Waals surface area contributed by atoms with Gasteiger partial charge in [0, 0.05) is 6.20 Å². The van der Waals surface area contributed by atoms with Crippen LogP contribution in [0.2, 0.25) is 0 Å². The van der Waals surface area contributed by atoms with E-state index in [0.29, 0.717) is 24.8 Å². The molecule has 2 aromatic carbocycles. The van der Waals surface area contributed by atoms with E-state index in [1.54, 1.807) is 24.4 Å². The lowest BCUT2D eigenvalue weighted by molar-refractivity contribution is 0.0932. The highest BCUT2D eigenvalue weighted by Crippen LogP contribution is 2.28. The fraction of sp³-hybridized carbons (Fsp3) is 0.296. The van der Waals surface area contributed by atoms with Gasteiger partial charge in [0.15, 0.2) is 0 Å². The van der Waals surface area contributed by atoms with Crippen LogP contribution >= 0.6 is 0 Å². The molecule has 0 aliphatic rings. The Labute approximate surface area is 194 Å². The van der Waals surface area contributed by atoms with Crippen molar-refractivity contribution in [1.82, 2.24) is 19.9 Å². The summed E-state index contributed by atoms with van der Waals surface area (Å²) < 4.78 is 8.37. The summed E-state index contributed by atoms with van der Waals surface area (Å²) in [6.07, 6.45) is 1.61. The lowest BCUT2D eigenvalue weighted by atomic mass is 10.0. The van der Waals surface area contributed by atoms with Crippen molar-refractivity contribution in [3.05, 3.63) is 89.5 Å². The summed E-state index contributed by atoms with van der Waals surface area (Å²) in [5, 5.41) is 3.03. The number of para-hydroxylation sites is 2. The minimum atomic E-state index is -0.294. The highest BCUT2D eigenvalue weighted by molar-refractivity contribution is 5.92. The SMILES string of the molecule is Cc1ccc(C(C)C)c(OCCn2c(C(C)NC(=O)c3ccccn3)nc3ccccc32)c1. The fourth-order valence-electron chi connectivity index (χ4n) is 3.98. The van der Waals surface area contributed by atoms with Crippen molar-refractivity contribution >= 4 is 16.9 Å². The molecule has 2 aromatic heterocycles. The zero-order valence-corrected chi connectivity index (χ0v) is 19.6. The Morgan fingerprint density at radius 3 is 2.61 bits per heavy atom. The number of nitrogens with zero attached hydrogens (tertiary/aromatic N) is 3. The number of hydrogen-bond donors (Lipinski definition) is 1. The molecular formula is C27H30N4O2. The molecule has 1 atom stereocenters. The number of fused-ring (bicyclic) bond motifs is 1. The van der Waals surface area contributed by atoms with E-state index in [0.717, 1.165) is 22.6 Å². The van der Waals surface area contributed by atoms with Crippen LogP contribution in [0.4, 0.5) is 0 Å². The third-order valence-corrected chi connectivity index (χ3v) is 5.68. The predicted molar refractivity (Wildman–Crippen MR) is 131 cm³/mol. The van der Waals surface area contributed by atoms with Crippen LogP contribution in [0, 0.1) is 6.92 Å². The molecule has 0 fully saturated rings. The van der Waals surface area contributed by atoms with Gasteiger partial charge in [-0.15, -0.1) is 0 Å². The molecule has 0 spiro atoms. The van der Waals surface area contributed by atoms with Gasteiger partial charge in [-0.05, 0) is 61.2 Å². The molecule has 170 valence electrons. The van der Waals surface area contributed by atoms with Gasteiger partial charge in [-0.25, -0.2) is 4.98 Å². The zero-order chi connectivity index (χ0) is 23.4. The largest absolute Gasteiger partial charge is 0.491 e. The van der Waals surface area contributed by atoms with Crippen molar-refractivity contribution in [2.24, 2.45) is 0 Å². The summed E-state index contributed by atoms with van der Waals surface area (Å²) in [6.45, 7) is 9.47. The number of hydrogen-bond acceptors (Lipinski definition) is 4. The Hall–Kier alpha value is -3.67. The number of amides is 1. The van der Waals surface area contributed by atoms with Gasteiger partial charge in [-0.1, -0.05) is 44.2 Å². The maximum Gasteiger partial charge on any atom is 0.270 e. The molecule has 0 aliphatic carbocycles. The second kappa shape index (κ2) is 9.86. The van der Waals surface area contributed by atoms with E-state index in [4.69, 9.17) is 9.72 Å². The van der Waals surface area contributed by atoms with Crippen molar-refractivity contribution in [2.75, 3.05) is 6.61 Å². The van der Waals surface area contributed by atoms with E-state index < -0.39 is 0 Å². The maximum atomic E-state index is 12.7. The summed E-state index contributed by atoms with van der Waals surface area (Å²) >= 11 is 0. The first-order valence-corrected chi connectivity index (χ1v) is 11.3. The van der Waals surface area contributed by atoms with Gasteiger partial charge in [0.1, 0.15) is 23.9 Å². The Balaban J connectivity index is 1.56. The van der Waals surface area contributed by atoms with E-state index in [-0.39, 0.29) is 11.9 Å². The number of aromatic nitrogens is 3. The normalized spacial score (nSPS) is 12.2. The van der Waals surface area contributed by atoms with Crippen LogP contribution in [0.3, 0.4) is 0 Å². The lowest BCUT2D eigenvalue weighted by Gasteiger charge is -2.18. The van der Waals surface area contributed by atoms with Crippen molar-refractivity contribution in [1.29, 1.82) is 0 Å². The molecular weight excluding hydrogens is 412 g/mol. The smallest absolute Gasteiger partial charge is 0.270 e. The number of carbonyl (C=O) groups excluding carboxylic acids is 1. The molecule has 1 amide bonds. The Morgan fingerprint density at radius 2 is 1.85 bits per heavy atom. The molecule has 0 saturated heterocycles. The van der Waals surface area contributed by atoms with Crippen molar-refractivity contribution < 1.29 is 9.53 Å². The molecule has 2 heterocycles. The minimum absolute atomic E-state index is 0.223. The molecule has 0 radical (unpaired) electrons. The zero-order valence-electron chi connectivity index (χ0n) is 19.6. The molecule has 1 N–H and O–H groups in total. The van der Waals surface area contributed by atoms with Crippen molar-refractivity contribution in [3.63, 3.8) is 0 Å². The standard InChI is InChI=1S/C27H30N4O2/c1-18(2)21-13-12-19(3)17-25(21)33-16-15-31-24-11-6-5-9-22(24)30-26(31)20(4)29-27(32)23-10-7-8-14-28-23/h5-14,17-18,20H,15-16H2,1-4H3,(H,29,32). The van der Waals surface area contributed by atoms with Crippen LogP contribution in [0.15, 0.2) is 66.9 Å². The molecule has 0 bridgehead atoms. The number of pyridine rings is 1. The minimum Gasteiger partial charge on any atom is -0.491 e. The average Bonchev–Trinajstić information content (AvgIpc) is 3.18. The number of rotatable bonds is 8. The third kappa shape index (κ3) is 5.06. The Kier molecular flexibility index (Phi) is 6.73. The first kappa shape index (κ1) is 22.5. The highest BCUT2D eigenvalue weighted by atomic mass is 16.5. The van der Waals surface area contributed by atoms with E-state index in [9.17, 15) is 4.79 Å². The lowest BCUT2D eigenvalue weighted by Crippen LogP contribution is -2.29. The summed E-state index contributed by atoms with van der Waals surface area (Å²) in [4.78, 5) is 21.6. The number of imidazole rings is 1. The molecule has 33 heavy (non-hydrogen) atoms. The average molecular weight is 443 g/mol. The molecule has 0 aliphatic heterocycles.